The van der Waals surface area contributed by atoms with E-state index in [1.54, 1.807) is 25.3 Å². The van der Waals surface area contributed by atoms with Crippen molar-refractivity contribution in [2.75, 3.05) is 62.4 Å². The number of benzene rings is 2. The first-order chi connectivity index (χ1) is 14.9. The molecular formula is C23H29N3O4S. The number of rotatable bonds is 5. The Labute approximate surface area is 184 Å². The van der Waals surface area contributed by atoms with Crippen LogP contribution in [0.5, 0.6) is 5.75 Å². The van der Waals surface area contributed by atoms with Gasteiger partial charge in [0, 0.05) is 51.2 Å². The molecule has 2 saturated heterocycles. The molecule has 0 bridgehead atoms. The summed E-state index contributed by atoms with van der Waals surface area (Å²) >= 11 is 0. The minimum absolute atomic E-state index is 0.105. The molecule has 0 spiro atoms. The lowest BCUT2D eigenvalue weighted by atomic mass is 10.1. The van der Waals surface area contributed by atoms with Gasteiger partial charge in [-0.1, -0.05) is 12.1 Å². The van der Waals surface area contributed by atoms with Crippen molar-refractivity contribution in [3.8, 4) is 5.75 Å². The molecule has 2 aromatic carbocycles. The number of methoxy groups -OCH3 is 1. The molecule has 2 aromatic rings. The van der Waals surface area contributed by atoms with Gasteiger partial charge in [-0.15, -0.1) is 0 Å². The summed E-state index contributed by atoms with van der Waals surface area (Å²) in [6, 6.07) is 12.8. The maximum absolute atomic E-state index is 13.5. The third kappa shape index (κ3) is 4.49. The van der Waals surface area contributed by atoms with Gasteiger partial charge in [-0.25, -0.2) is 8.42 Å². The minimum atomic E-state index is -3.39. The number of nitrogens with zero attached hydrogens (tertiary/aromatic N) is 3. The van der Waals surface area contributed by atoms with E-state index >= 15 is 0 Å². The largest absolute Gasteiger partial charge is 0.495 e. The van der Waals surface area contributed by atoms with Gasteiger partial charge < -0.3 is 19.4 Å². The van der Waals surface area contributed by atoms with Crippen LogP contribution in [0.25, 0.3) is 0 Å². The number of carbonyl (C=O) groups excluding carboxylic acids is 1. The first-order valence-electron chi connectivity index (χ1n) is 10.6. The van der Waals surface area contributed by atoms with Crippen molar-refractivity contribution in [3.05, 3.63) is 48.0 Å². The van der Waals surface area contributed by atoms with Crippen molar-refractivity contribution in [3.63, 3.8) is 0 Å². The van der Waals surface area contributed by atoms with E-state index in [4.69, 9.17) is 4.74 Å². The highest BCUT2D eigenvalue weighted by atomic mass is 32.2. The molecular weight excluding hydrogens is 414 g/mol. The quantitative estimate of drug-likeness (QED) is 0.708. The predicted octanol–water partition coefficient (Wildman–Crippen LogP) is 2.66. The highest BCUT2D eigenvalue weighted by molar-refractivity contribution is 7.90. The molecule has 0 unspecified atom stereocenters. The zero-order chi connectivity index (χ0) is 22.0. The molecule has 7 nitrogen and oxygen atoms in total. The maximum Gasteiger partial charge on any atom is 0.256 e. The number of carbonyl (C=O) groups is 1. The monoisotopic (exact) mass is 443 g/mol. The van der Waals surface area contributed by atoms with E-state index < -0.39 is 9.84 Å². The Kier molecular flexibility index (Phi) is 6.09. The molecule has 2 aliphatic rings. The Morgan fingerprint density at radius 2 is 1.52 bits per heavy atom. The SMILES string of the molecule is COc1ccccc1N1CCN(C(=O)c2cc(S(C)(=O)=O)ccc2N2CCCC2)CC1. The number of amides is 1. The molecule has 1 amide bonds. The van der Waals surface area contributed by atoms with Crippen LogP contribution >= 0.6 is 0 Å². The Morgan fingerprint density at radius 3 is 2.16 bits per heavy atom. The van der Waals surface area contributed by atoms with Gasteiger partial charge in [-0.2, -0.15) is 0 Å². The van der Waals surface area contributed by atoms with Crippen LogP contribution in [0, 0.1) is 0 Å². The number of para-hydroxylation sites is 2. The average molecular weight is 444 g/mol. The Bertz CT molecular complexity index is 1060. The molecule has 0 saturated carbocycles. The fourth-order valence-electron chi connectivity index (χ4n) is 4.36. The highest BCUT2D eigenvalue weighted by Crippen LogP contribution is 2.31. The van der Waals surface area contributed by atoms with Crippen LogP contribution in [0.4, 0.5) is 11.4 Å². The second-order valence-corrected chi connectivity index (χ2v) is 10.1. The molecule has 31 heavy (non-hydrogen) atoms. The molecule has 166 valence electrons. The summed E-state index contributed by atoms with van der Waals surface area (Å²) < 4.78 is 29.7. The van der Waals surface area contributed by atoms with Gasteiger partial charge in [-0.05, 0) is 43.2 Å². The van der Waals surface area contributed by atoms with Gasteiger partial charge in [0.05, 0.1) is 23.3 Å². The van der Waals surface area contributed by atoms with Crippen LogP contribution in [0.3, 0.4) is 0 Å². The Balaban J connectivity index is 1.56. The topological polar surface area (TPSA) is 70.2 Å². The normalized spacial score (nSPS) is 17.2. The van der Waals surface area contributed by atoms with Gasteiger partial charge in [0.25, 0.3) is 5.91 Å². The van der Waals surface area contributed by atoms with E-state index in [-0.39, 0.29) is 10.8 Å². The number of hydrogen-bond acceptors (Lipinski definition) is 6. The fraction of sp³-hybridized carbons (Fsp3) is 0.435. The first kappa shape index (κ1) is 21.5. The van der Waals surface area contributed by atoms with Crippen molar-refractivity contribution in [1.29, 1.82) is 0 Å². The summed E-state index contributed by atoms with van der Waals surface area (Å²) in [6.07, 6.45) is 3.34. The molecule has 8 heteroatoms. The second kappa shape index (κ2) is 8.78. The number of piperazine rings is 1. The van der Waals surface area contributed by atoms with Crippen LogP contribution in [0.2, 0.25) is 0 Å². The summed E-state index contributed by atoms with van der Waals surface area (Å²) in [4.78, 5) is 19.9. The molecule has 0 aliphatic carbocycles. The number of hydrogen-bond donors (Lipinski definition) is 0. The standard InChI is InChI=1S/C23H29N3O4S/c1-30-22-8-4-3-7-21(22)25-13-15-26(16-14-25)23(27)19-17-18(31(2,28)29)9-10-20(19)24-11-5-6-12-24/h3-4,7-10,17H,5-6,11-16H2,1-2H3. The van der Waals surface area contributed by atoms with Crippen LogP contribution < -0.4 is 14.5 Å². The van der Waals surface area contributed by atoms with E-state index in [1.165, 1.54) is 6.26 Å². The zero-order valence-electron chi connectivity index (χ0n) is 18.1. The fourth-order valence-corrected chi connectivity index (χ4v) is 5.01. The summed E-state index contributed by atoms with van der Waals surface area (Å²) in [7, 11) is -1.73. The second-order valence-electron chi connectivity index (χ2n) is 8.10. The molecule has 2 heterocycles. The van der Waals surface area contributed by atoms with Gasteiger partial charge >= 0.3 is 0 Å². The van der Waals surface area contributed by atoms with E-state index in [2.05, 4.69) is 9.80 Å². The van der Waals surface area contributed by atoms with Gasteiger partial charge in [0.2, 0.25) is 0 Å². The molecule has 0 atom stereocenters. The lowest BCUT2D eigenvalue weighted by Crippen LogP contribution is -2.49. The van der Waals surface area contributed by atoms with E-state index in [1.807, 2.05) is 29.2 Å². The summed E-state index contributed by atoms with van der Waals surface area (Å²) in [5, 5.41) is 0. The summed E-state index contributed by atoms with van der Waals surface area (Å²) in [6.45, 7) is 4.30. The Morgan fingerprint density at radius 1 is 0.871 bits per heavy atom. The lowest BCUT2D eigenvalue weighted by Gasteiger charge is -2.37. The van der Waals surface area contributed by atoms with Crippen molar-refractivity contribution >= 4 is 27.1 Å². The van der Waals surface area contributed by atoms with Crippen molar-refractivity contribution in [1.82, 2.24) is 4.90 Å². The Hall–Kier alpha value is -2.74. The number of sulfone groups is 1. The highest BCUT2D eigenvalue weighted by Gasteiger charge is 2.28. The summed E-state index contributed by atoms with van der Waals surface area (Å²) in [5.74, 6) is 0.714. The first-order valence-corrected chi connectivity index (χ1v) is 12.5. The molecule has 0 radical (unpaired) electrons. The molecule has 0 aromatic heterocycles. The smallest absolute Gasteiger partial charge is 0.256 e. The van der Waals surface area contributed by atoms with Gasteiger partial charge in [0.1, 0.15) is 5.75 Å². The molecule has 2 aliphatic heterocycles. The van der Waals surface area contributed by atoms with Crippen molar-refractivity contribution in [2.24, 2.45) is 0 Å². The van der Waals surface area contributed by atoms with Crippen LogP contribution in [0.15, 0.2) is 47.4 Å². The lowest BCUT2D eigenvalue weighted by molar-refractivity contribution is 0.0747. The third-order valence-electron chi connectivity index (χ3n) is 6.07. The van der Waals surface area contributed by atoms with Gasteiger partial charge in [-0.3, -0.25) is 4.79 Å². The molecule has 2 fully saturated rings. The van der Waals surface area contributed by atoms with E-state index in [0.29, 0.717) is 31.7 Å². The number of ether oxygens (including phenoxy) is 1. The zero-order valence-corrected chi connectivity index (χ0v) is 18.9. The van der Waals surface area contributed by atoms with Gasteiger partial charge in [0.15, 0.2) is 9.84 Å². The average Bonchev–Trinajstić information content (AvgIpc) is 3.32. The molecule has 0 N–H and O–H groups in total. The minimum Gasteiger partial charge on any atom is -0.495 e. The van der Waals surface area contributed by atoms with Crippen LogP contribution in [0.1, 0.15) is 23.2 Å². The van der Waals surface area contributed by atoms with E-state index in [0.717, 1.165) is 43.1 Å². The van der Waals surface area contributed by atoms with Crippen molar-refractivity contribution < 1.29 is 17.9 Å². The van der Waals surface area contributed by atoms with E-state index in [9.17, 15) is 13.2 Å². The van der Waals surface area contributed by atoms with Crippen LogP contribution in [-0.4, -0.2) is 71.9 Å². The van der Waals surface area contributed by atoms with Crippen LogP contribution in [-0.2, 0) is 9.84 Å². The summed E-state index contributed by atoms with van der Waals surface area (Å²) in [5.41, 5.74) is 2.34. The number of anilines is 2. The predicted molar refractivity (Wildman–Crippen MR) is 122 cm³/mol. The maximum atomic E-state index is 13.5. The van der Waals surface area contributed by atoms with Crippen molar-refractivity contribution in [2.45, 2.75) is 17.7 Å². The third-order valence-corrected chi connectivity index (χ3v) is 7.18. The molecule has 4 rings (SSSR count).